The lowest BCUT2D eigenvalue weighted by Crippen LogP contribution is -2.37. The molecule has 1 aromatic rings. The molecule has 0 saturated heterocycles. The molecule has 1 aromatic carbocycles. The highest BCUT2D eigenvalue weighted by Crippen LogP contribution is 2.22. The molecule has 0 unspecified atom stereocenters. The highest BCUT2D eigenvalue weighted by Gasteiger charge is 2.27. The standard InChI is InChI=1S/C14H9ClN2O2/c1-8-11(6-9-2-4-10(15)5-3-9)13(18)17-14(19)12(8)7-16/h2-6H,1H3,(H,17,18,19)/b11-6-. The van der Waals surface area contributed by atoms with Gasteiger partial charge in [-0.25, -0.2) is 0 Å². The van der Waals surface area contributed by atoms with Crippen molar-refractivity contribution in [1.82, 2.24) is 5.32 Å². The zero-order chi connectivity index (χ0) is 14.0. The molecule has 0 spiro atoms. The zero-order valence-corrected chi connectivity index (χ0v) is 10.8. The Hall–Kier alpha value is -2.38. The number of hydrogen-bond donors (Lipinski definition) is 1. The third-order valence-electron chi connectivity index (χ3n) is 2.77. The highest BCUT2D eigenvalue weighted by molar-refractivity contribution is 6.30. The molecule has 0 aromatic heterocycles. The van der Waals surface area contributed by atoms with Crippen molar-refractivity contribution in [1.29, 1.82) is 5.26 Å². The first-order valence-electron chi connectivity index (χ1n) is 5.47. The maximum Gasteiger partial charge on any atom is 0.269 e. The van der Waals surface area contributed by atoms with Crippen LogP contribution in [0.25, 0.3) is 6.08 Å². The van der Waals surface area contributed by atoms with Crippen LogP contribution in [0.15, 0.2) is 41.0 Å². The van der Waals surface area contributed by atoms with E-state index in [1.807, 2.05) is 0 Å². The summed E-state index contributed by atoms with van der Waals surface area (Å²) in [5, 5.41) is 11.6. The van der Waals surface area contributed by atoms with E-state index in [1.54, 1.807) is 43.3 Å². The number of nitrogens with zero attached hydrogens (tertiary/aromatic N) is 1. The Bertz CT molecular complexity index is 664. The van der Waals surface area contributed by atoms with E-state index in [1.165, 1.54) is 0 Å². The lowest BCUT2D eigenvalue weighted by Gasteiger charge is -2.15. The first-order valence-corrected chi connectivity index (χ1v) is 5.85. The number of amides is 2. The molecule has 2 rings (SSSR count). The molecule has 94 valence electrons. The van der Waals surface area contributed by atoms with Gasteiger partial charge in [-0.05, 0) is 36.3 Å². The SMILES string of the molecule is CC1=C(C#N)C(=O)NC(=O)/C1=C\c1ccc(Cl)cc1. The van der Waals surface area contributed by atoms with Crippen molar-refractivity contribution in [3.05, 3.63) is 51.6 Å². The fourth-order valence-electron chi connectivity index (χ4n) is 1.74. The minimum Gasteiger partial charge on any atom is -0.288 e. The van der Waals surface area contributed by atoms with Gasteiger partial charge in [0.25, 0.3) is 11.8 Å². The van der Waals surface area contributed by atoms with E-state index in [-0.39, 0.29) is 5.57 Å². The van der Waals surface area contributed by atoms with Crippen molar-refractivity contribution >= 4 is 29.5 Å². The predicted octanol–water partition coefficient (Wildman–Crippen LogP) is 2.22. The third kappa shape index (κ3) is 2.56. The number of carbonyl (C=O) groups excluding carboxylic acids is 2. The first-order chi connectivity index (χ1) is 9.02. The molecule has 1 aliphatic heterocycles. The van der Waals surface area contributed by atoms with Gasteiger partial charge in [-0.3, -0.25) is 14.9 Å². The molecule has 1 heterocycles. The van der Waals surface area contributed by atoms with Gasteiger partial charge in [0, 0.05) is 10.6 Å². The van der Waals surface area contributed by atoms with Gasteiger partial charge in [-0.2, -0.15) is 5.26 Å². The molecule has 5 heteroatoms. The second kappa shape index (κ2) is 5.09. The molecule has 0 atom stereocenters. The predicted molar refractivity (Wildman–Crippen MR) is 70.9 cm³/mol. The average Bonchev–Trinajstić information content (AvgIpc) is 2.37. The maximum atomic E-state index is 11.8. The summed E-state index contributed by atoms with van der Waals surface area (Å²) >= 11 is 5.78. The lowest BCUT2D eigenvalue weighted by atomic mass is 9.95. The van der Waals surface area contributed by atoms with E-state index in [0.29, 0.717) is 16.2 Å². The number of rotatable bonds is 1. The van der Waals surface area contributed by atoms with Gasteiger partial charge in [0.15, 0.2) is 0 Å². The topological polar surface area (TPSA) is 70.0 Å². The largest absolute Gasteiger partial charge is 0.288 e. The van der Waals surface area contributed by atoms with Gasteiger partial charge >= 0.3 is 0 Å². The van der Waals surface area contributed by atoms with Crippen molar-refractivity contribution in [2.24, 2.45) is 0 Å². The lowest BCUT2D eigenvalue weighted by molar-refractivity contribution is -0.126. The van der Waals surface area contributed by atoms with Crippen LogP contribution in [0.1, 0.15) is 12.5 Å². The number of halogens is 1. The molecule has 0 saturated carbocycles. The minimum atomic E-state index is -0.654. The minimum absolute atomic E-state index is 0.0418. The molecule has 4 nitrogen and oxygen atoms in total. The van der Waals surface area contributed by atoms with Crippen LogP contribution in [0.3, 0.4) is 0 Å². The smallest absolute Gasteiger partial charge is 0.269 e. The average molecular weight is 273 g/mol. The van der Waals surface area contributed by atoms with Crippen LogP contribution in [-0.4, -0.2) is 11.8 Å². The number of nitriles is 1. The second-order valence-corrected chi connectivity index (χ2v) is 4.44. The van der Waals surface area contributed by atoms with E-state index in [2.05, 4.69) is 5.32 Å². The van der Waals surface area contributed by atoms with Crippen molar-refractivity contribution in [2.75, 3.05) is 0 Å². The van der Waals surface area contributed by atoms with Crippen LogP contribution in [0.4, 0.5) is 0 Å². The number of imide groups is 1. The Balaban J connectivity index is 2.51. The van der Waals surface area contributed by atoms with Crippen molar-refractivity contribution in [2.45, 2.75) is 6.92 Å². The Morgan fingerprint density at radius 3 is 2.42 bits per heavy atom. The second-order valence-electron chi connectivity index (χ2n) is 4.00. The van der Waals surface area contributed by atoms with E-state index < -0.39 is 11.8 Å². The fourth-order valence-corrected chi connectivity index (χ4v) is 1.87. The van der Waals surface area contributed by atoms with Gasteiger partial charge < -0.3 is 0 Å². The molecule has 0 aliphatic carbocycles. The van der Waals surface area contributed by atoms with Gasteiger partial charge in [-0.1, -0.05) is 23.7 Å². The van der Waals surface area contributed by atoms with Crippen molar-refractivity contribution in [3.63, 3.8) is 0 Å². The van der Waals surface area contributed by atoms with E-state index in [4.69, 9.17) is 16.9 Å². The summed E-state index contributed by atoms with van der Waals surface area (Å²) in [7, 11) is 0. The summed E-state index contributed by atoms with van der Waals surface area (Å²) in [4.78, 5) is 23.2. The summed E-state index contributed by atoms with van der Waals surface area (Å²) in [5.74, 6) is -1.16. The van der Waals surface area contributed by atoms with Crippen LogP contribution in [0, 0.1) is 11.3 Å². The maximum absolute atomic E-state index is 11.8. The zero-order valence-electron chi connectivity index (χ0n) is 10.0. The highest BCUT2D eigenvalue weighted by atomic mass is 35.5. The van der Waals surface area contributed by atoms with Crippen LogP contribution < -0.4 is 5.32 Å². The normalized spacial score (nSPS) is 17.4. The molecule has 0 fully saturated rings. The summed E-state index contributed by atoms with van der Waals surface area (Å²) in [6.45, 7) is 1.58. The van der Waals surface area contributed by atoms with Crippen LogP contribution >= 0.6 is 11.6 Å². The van der Waals surface area contributed by atoms with Crippen LogP contribution in [-0.2, 0) is 9.59 Å². The fraction of sp³-hybridized carbons (Fsp3) is 0.0714. The quantitative estimate of drug-likeness (QED) is 0.629. The Morgan fingerprint density at radius 1 is 1.21 bits per heavy atom. The molecular weight excluding hydrogens is 264 g/mol. The Labute approximate surface area is 115 Å². The van der Waals surface area contributed by atoms with Crippen molar-refractivity contribution in [3.8, 4) is 6.07 Å². The van der Waals surface area contributed by atoms with Gasteiger partial charge in [0.2, 0.25) is 0 Å². The van der Waals surface area contributed by atoms with Crippen LogP contribution in [0.5, 0.6) is 0 Å². The summed E-state index contributed by atoms with van der Waals surface area (Å²) in [5.41, 5.74) is 1.41. The first kappa shape index (κ1) is 13.1. The molecule has 1 aliphatic rings. The van der Waals surface area contributed by atoms with E-state index >= 15 is 0 Å². The van der Waals surface area contributed by atoms with Gasteiger partial charge in [-0.15, -0.1) is 0 Å². The summed E-state index contributed by atoms with van der Waals surface area (Å²) < 4.78 is 0. The summed E-state index contributed by atoms with van der Waals surface area (Å²) in [6.07, 6.45) is 1.62. The van der Waals surface area contributed by atoms with Gasteiger partial charge in [0.1, 0.15) is 11.6 Å². The molecule has 19 heavy (non-hydrogen) atoms. The summed E-state index contributed by atoms with van der Waals surface area (Å²) in [6, 6.07) is 8.70. The van der Waals surface area contributed by atoms with E-state index in [0.717, 1.165) is 5.56 Å². The van der Waals surface area contributed by atoms with Crippen LogP contribution in [0.2, 0.25) is 5.02 Å². The Kier molecular flexibility index (Phi) is 3.50. The number of nitrogens with one attached hydrogen (secondary N) is 1. The van der Waals surface area contributed by atoms with Crippen molar-refractivity contribution < 1.29 is 9.59 Å². The number of carbonyl (C=O) groups is 2. The molecular formula is C14H9ClN2O2. The molecule has 1 N–H and O–H groups in total. The molecule has 0 bridgehead atoms. The number of hydrogen-bond acceptors (Lipinski definition) is 3. The van der Waals surface area contributed by atoms with Gasteiger partial charge in [0.05, 0.1) is 0 Å². The monoisotopic (exact) mass is 272 g/mol. The molecule has 0 radical (unpaired) electrons. The molecule has 2 amide bonds. The number of benzene rings is 1. The third-order valence-corrected chi connectivity index (χ3v) is 3.02. The Morgan fingerprint density at radius 2 is 1.84 bits per heavy atom. The van der Waals surface area contributed by atoms with E-state index in [9.17, 15) is 9.59 Å².